The van der Waals surface area contributed by atoms with Gasteiger partial charge in [-0.1, -0.05) is 30.3 Å². The molecule has 0 aliphatic carbocycles. The van der Waals surface area contributed by atoms with E-state index in [-0.39, 0.29) is 75.8 Å². The van der Waals surface area contributed by atoms with Crippen LogP contribution in [0.4, 0.5) is 11.4 Å². The third-order valence-corrected chi connectivity index (χ3v) is 5.84. The molecule has 0 radical (unpaired) electrons. The van der Waals surface area contributed by atoms with Crippen molar-refractivity contribution in [3.05, 3.63) is 72.2 Å². The Labute approximate surface area is 217 Å². The Morgan fingerprint density at radius 1 is 0.867 bits per heavy atom. The Balaban J connectivity index is 0.00000320. The Kier molecular flexibility index (Phi) is 8.67. The van der Waals surface area contributed by atoms with Crippen LogP contribution in [-0.2, 0) is 33.2 Å². The summed E-state index contributed by atoms with van der Waals surface area (Å²) in [5.41, 5.74) is 0.851. The van der Waals surface area contributed by atoms with Crippen LogP contribution >= 0.6 is 0 Å². The van der Waals surface area contributed by atoms with Crippen molar-refractivity contribution in [2.24, 2.45) is 5.14 Å². The van der Waals surface area contributed by atoms with E-state index >= 15 is 0 Å². The van der Waals surface area contributed by atoms with Gasteiger partial charge in [-0.3, -0.25) is 0 Å². The third-order valence-electron chi connectivity index (χ3n) is 4.02. The monoisotopic (exact) mass is 475 g/mol. The number of hydrogen-bond acceptors (Lipinski definition) is 8. The van der Waals surface area contributed by atoms with Gasteiger partial charge in [0.1, 0.15) is 20.8 Å². The van der Waals surface area contributed by atoms with Crippen LogP contribution in [0.3, 0.4) is 0 Å². The van der Waals surface area contributed by atoms with E-state index in [1.54, 1.807) is 12.1 Å². The minimum atomic E-state index is -4.98. The molecule has 154 valence electrons. The molecule has 0 spiro atoms. The fourth-order valence-corrected chi connectivity index (χ4v) is 4.13. The van der Waals surface area contributed by atoms with Crippen LogP contribution in [-0.4, -0.2) is 21.4 Å². The van der Waals surface area contributed by atoms with Crippen molar-refractivity contribution < 1.29 is 77.2 Å². The smallest absolute Gasteiger partial charge is 0.744 e. The topological polar surface area (TPSA) is 155 Å². The van der Waals surface area contributed by atoms with Crippen molar-refractivity contribution in [1.29, 1.82) is 0 Å². The summed E-state index contributed by atoms with van der Waals surface area (Å²) >= 11 is 0. The van der Waals surface area contributed by atoms with Crippen LogP contribution in [0.5, 0.6) is 0 Å². The zero-order valence-electron chi connectivity index (χ0n) is 16.0. The summed E-state index contributed by atoms with van der Waals surface area (Å²) in [6, 6.07) is 14.4. The molecule has 0 saturated carbocycles. The predicted molar refractivity (Wildman–Crippen MR) is 106 cm³/mol. The van der Waals surface area contributed by atoms with E-state index in [0.717, 1.165) is 11.6 Å². The molecular weight excluding hydrogens is 457 g/mol. The van der Waals surface area contributed by atoms with Gasteiger partial charge in [0, 0.05) is 6.54 Å². The maximum atomic E-state index is 12.0. The van der Waals surface area contributed by atoms with E-state index in [9.17, 15) is 21.4 Å². The van der Waals surface area contributed by atoms with E-state index in [2.05, 4.69) is 10.6 Å². The maximum Gasteiger partial charge on any atom is 1.00 e. The molecule has 9 nitrogen and oxygen atoms in total. The SMILES string of the molecule is NS(=O)(=O)c1cc(S(=O)(=O)[O-])c(NCc2ccco2)cc1NCc1ccccc1.[K+]. The van der Waals surface area contributed by atoms with E-state index in [1.165, 1.54) is 12.3 Å². The van der Waals surface area contributed by atoms with Gasteiger partial charge in [0.05, 0.1) is 29.1 Å². The molecule has 0 unspecified atom stereocenters. The standard InChI is InChI=1S/C18H19N3O6S2.K/c19-28(22,23)17-10-18(29(24,25)26)16(21-12-14-7-4-8-27-14)9-15(17)20-11-13-5-2-1-3-6-13;/h1-10,20-21H,11-12H2,(H2,19,22,23)(H,24,25,26);/q;+1/p-1. The van der Waals surface area contributed by atoms with Gasteiger partial charge in [-0.05, 0) is 29.8 Å². The molecule has 4 N–H and O–H groups in total. The number of rotatable bonds is 8. The van der Waals surface area contributed by atoms with Gasteiger partial charge in [0.25, 0.3) is 0 Å². The van der Waals surface area contributed by atoms with Gasteiger partial charge in [-0.15, -0.1) is 0 Å². The van der Waals surface area contributed by atoms with Gasteiger partial charge in [0.2, 0.25) is 10.0 Å². The van der Waals surface area contributed by atoms with Crippen molar-refractivity contribution >= 4 is 31.5 Å². The minimum absolute atomic E-state index is 0. The normalized spacial score (nSPS) is 11.5. The first-order chi connectivity index (χ1) is 13.6. The fraction of sp³-hybridized carbons (Fsp3) is 0.111. The molecule has 0 atom stereocenters. The molecule has 0 aliphatic rings. The molecule has 0 amide bonds. The second kappa shape index (κ2) is 10.4. The van der Waals surface area contributed by atoms with Gasteiger partial charge >= 0.3 is 51.4 Å². The molecule has 1 aromatic heterocycles. The van der Waals surface area contributed by atoms with Gasteiger partial charge in [0.15, 0.2) is 0 Å². The van der Waals surface area contributed by atoms with Crippen molar-refractivity contribution in [2.45, 2.75) is 22.9 Å². The van der Waals surface area contributed by atoms with Crippen molar-refractivity contribution in [3.63, 3.8) is 0 Å². The van der Waals surface area contributed by atoms with Crippen LogP contribution in [0.1, 0.15) is 11.3 Å². The van der Waals surface area contributed by atoms with Crippen LogP contribution in [0.15, 0.2) is 75.1 Å². The van der Waals surface area contributed by atoms with E-state index in [0.29, 0.717) is 5.76 Å². The van der Waals surface area contributed by atoms with E-state index < -0.39 is 29.9 Å². The summed E-state index contributed by atoms with van der Waals surface area (Å²) < 4.78 is 64.3. The van der Waals surface area contributed by atoms with Gasteiger partial charge < -0.3 is 19.6 Å². The predicted octanol–water partition coefficient (Wildman–Crippen LogP) is -0.941. The van der Waals surface area contributed by atoms with Crippen LogP contribution < -0.4 is 67.2 Å². The summed E-state index contributed by atoms with van der Waals surface area (Å²) in [7, 11) is -9.29. The van der Waals surface area contributed by atoms with Crippen LogP contribution in [0.25, 0.3) is 0 Å². The number of primary sulfonamides is 1. The largest absolute Gasteiger partial charge is 1.00 e. The third kappa shape index (κ3) is 6.64. The molecular formula is C18H18KN3O6S2. The molecule has 3 aromatic rings. The molecule has 12 heteroatoms. The summed E-state index contributed by atoms with van der Waals surface area (Å²) in [4.78, 5) is -1.22. The maximum absolute atomic E-state index is 12.0. The summed E-state index contributed by atoms with van der Waals surface area (Å²) in [5.74, 6) is 0.494. The number of anilines is 2. The van der Waals surface area contributed by atoms with E-state index in [4.69, 9.17) is 9.56 Å². The number of sulfonamides is 1. The number of nitrogens with two attached hydrogens (primary N) is 1. The summed E-state index contributed by atoms with van der Waals surface area (Å²) in [6.07, 6.45) is 1.44. The number of benzene rings is 2. The second-order valence-electron chi connectivity index (χ2n) is 6.12. The van der Waals surface area contributed by atoms with Crippen LogP contribution in [0.2, 0.25) is 0 Å². The van der Waals surface area contributed by atoms with Gasteiger partial charge in [-0.2, -0.15) is 0 Å². The molecule has 3 rings (SSSR count). The van der Waals surface area contributed by atoms with Gasteiger partial charge in [-0.25, -0.2) is 22.0 Å². The zero-order chi connectivity index (χ0) is 21.1. The molecule has 0 bridgehead atoms. The minimum Gasteiger partial charge on any atom is -0.744 e. The molecule has 0 saturated heterocycles. The molecule has 2 aromatic carbocycles. The molecule has 0 aliphatic heterocycles. The zero-order valence-corrected chi connectivity index (χ0v) is 20.8. The average Bonchev–Trinajstić information content (AvgIpc) is 3.17. The average molecular weight is 476 g/mol. The first-order valence-corrected chi connectivity index (χ1v) is 11.3. The quantitative estimate of drug-likeness (QED) is 0.279. The van der Waals surface area contributed by atoms with E-state index in [1.807, 2.05) is 30.3 Å². The Morgan fingerprint density at radius 3 is 2.07 bits per heavy atom. The Bertz CT molecular complexity index is 1200. The number of hydrogen-bond donors (Lipinski definition) is 3. The Hall–Kier alpha value is -1.22. The fourth-order valence-electron chi connectivity index (χ4n) is 2.67. The van der Waals surface area contributed by atoms with Crippen molar-refractivity contribution in [3.8, 4) is 0 Å². The summed E-state index contributed by atoms with van der Waals surface area (Å²) in [6.45, 7) is 0.340. The van der Waals surface area contributed by atoms with Crippen molar-refractivity contribution in [1.82, 2.24) is 0 Å². The number of nitrogens with one attached hydrogen (secondary N) is 2. The van der Waals surface area contributed by atoms with Crippen LogP contribution in [0, 0.1) is 0 Å². The summed E-state index contributed by atoms with van der Waals surface area (Å²) in [5, 5.41) is 11.0. The first-order valence-electron chi connectivity index (χ1n) is 8.35. The first kappa shape index (κ1) is 25.0. The molecule has 30 heavy (non-hydrogen) atoms. The molecule has 1 heterocycles. The molecule has 0 fully saturated rings. The van der Waals surface area contributed by atoms with Crippen molar-refractivity contribution in [2.75, 3.05) is 10.6 Å². The number of furan rings is 1. The second-order valence-corrected chi connectivity index (χ2v) is 8.99. The Morgan fingerprint density at radius 2 is 1.50 bits per heavy atom.